The standard InChI is InChI=1S/C22H31FN2O8S/c1-22(2,3)33-21(27)25-7-5-14-11-16(32-13-31-10-9-30-4)19(20(23)15(14)6-8-25)17-12-18(26)24-34(17,28)29/h11,17H,5-10,12-13H2,1-4H3,(H,24,26). The highest BCUT2D eigenvalue weighted by atomic mass is 32.2. The summed E-state index contributed by atoms with van der Waals surface area (Å²) < 4.78 is 64.1. The van der Waals surface area contributed by atoms with Gasteiger partial charge in [0.25, 0.3) is 0 Å². The number of methoxy groups -OCH3 is 1. The Morgan fingerprint density at radius 3 is 2.56 bits per heavy atom. The number of hydrogen-bond donors (Lipinski definition) is 1. The highest BCUT2D eigenvalue weighted by molar-refractivity contribution is 7.90. The van der Waals surface area contributed by atoms with Gasteiger partial charge in [-0.1, -0.05) is 0 Å². The molecule has 0 spiro atoms. The zero-order valence-corrected chi connectivity index (χ0v) is 20.6. The van der Waals surface area contributed by atoms with Crippen LogP contribution < -0.4 is 9.46 Å². The van der Waals surface area contributed by atoms with Crippen molar-refractivity contribution in [1.29, 1.82) is 0 Å². The number of halogens is 1. The van der Waals surface area contributed by atoms with E-state index in [2.05, 4.69) is 0 Å². The number of benzene rings is 1. The van der Waals surface area contributed by atoms with E-state index in [4.69, 9.17) is 18.9 Å². The Balaban J connectivity index is 1.92. The van der Waals surface area contributed by atoms with E-state index in [1.165, 1.54) is 12.0 Å². The quantitative estimate of drug-likeness (QED) is 0.444. The summed E-state index contributed by atoms with van der Waals surface area (Å²) >= 11 is 0. The van der Waals surface area contributed by atoms with Crippen LogP contribution in [-0.2, 0) is 41.9 Å². The van der Waals surface area contributed by atoms with E-state index in [-0.39, 0.29) is 37.7 Å². The van der Waals surface area contributed by atoms with Crippen LogP contribution in [-0.4, -0.2) is 71.1 Å². The molecule has 2 amide bonds. The second kappa shape index (κ2) is 10.4. The third-order valence-electron chi connectivity index (χ3n) is 5.45. The third kappa shape index (κ3) is 6.16. The Morgan fingerprint density at radius 2 is 1.94 bits per heavy atom. The van der Waals surface area contributed by atoms with E-state index in [1.807, 2.05) is 4.72 Å². The zero-order chi connectivity index (χ0) is 25.1. The number of carbonyl (C=O) groups is 2. The molecule has 1 fully saturated rings. The van der Waals surface area contributed by atoms with Crippen molar-refractivity contribution in [3.05, 3.63) is 28.6 Å². The fraction of sp³-hybridized carbons (Fsp3) is 0.636. The molecule has 1 saturated heterocycles. The van der Waals surface area contributed by atoms with E-state index in [9.17, 15) is 18.0 Å². The molecule has 0 saturated carbocycles. The molecular weight excluding hydrogens is 471 g/mol. The molecule has 3 rings (SSSR count). The summed E-state index contributed by atoms with van der Waals surface area (Å²) in [7, 11) is -2.61. The van der Waals surface area contributed by atoms with Crippen LogP contribution in [0, 0.1) is 5.82 Å². The molecule has 1 aromatic rings. The maximum absolute atomic E-state index is 15.9. The number of ether oxygens (including phenoxy) is 4. The van der Waals surface area contributed by atoms with Gasteiger partial charge in [-0.3, -0.25) is 9.52 Å². The van der Waals surface area contributed by atoms with Crippen molar-refractivity contribution in [2.45, 2.75) is 50.9 Å². The minimum atomic E-state index is -4.12. The molecule has 190 valence electrons. The van der Waals surface area contributed by atoms with Gasteiger partial charge in [0.15, 0.2) is 6.79 Å². The van der Waals surface area contributed by atoms with Crippen LogP contribution in [0.1, 0.15) is 49.1 Å². The van der Waals surface area contributed by atoms with Crippen molar-refractivity contribution < 1.29 is 41.3 Å². The molecule has 1 unspecified atom stereocenters. The molecular formula is C22H31FN2O8S. The second-order valence-electron chi connectivity index (χ2n) is 9.13. The van der Waals surface area contributed by atoms with Gasteiger partial charge >= 0.3 is 6.09 Å². The van der Waals surface area contributed by atoms with Crippen molar-refractivity contribution in [2.24, 2.45) is 0 Å². The van der Waals surface area contributed by atoms with E-state index >= 15 is 4.39 Å². The van der Waals surface area contributed by atoms with Crippen LogP contribution in [0.25, 0.3) is 0 Å². The Bertz CT molecular complexity index is 1040. The average molecular weight is 503 g/mol. The van der Waals surface area contributed by atoms with Crippen molar-refractivity contribution in [1.82, 2.24) is 9.62 Å². The molecule has 2 heterocycles. The first-order chi connectivity index (χ1) is 15.9. The van der Waals surface area contributed by atoms with Gasteiger partial charge in [0.05, 0.1) is 25.2 Å². The molecule has 10 nitrogen and oxygen atoms in total. The number of carbonyl (C=O) groups excluding carboxylic acids is 2. The fourth-order valence-electron chi connectivity index (χ4n) is 3.88. The second-order valence-corrected chi connectivity index (χ2v) is 11.0. The topological polar surface area (TPSA) is 120 Å². The summed E-state index contributed by atoms with van der Waals surface area (Å²) in [5.41, 5.74) is 0.00443. The normalized spacial score (nSPS) is 19.9. The predicted molar refractivity (Wildman–Crippen MR) is 119 cm³/mol. The van der Waals surface area contributed by atoms with Gasteiger partial charge in [0, 0.05) is 20.2 Å². The summed E-state index contributed by atoms with van der Waals surface area (Å²) in [6.45, 7) is 6.08. The molecule has 12 heteroatoms. The molecule has 0 bridgehead atoms. The SMILES string of the molecule is COCCOCOc1cc2c(c(F)c1C1CC(=O)NS1(=O)=O)CCN(C(=O)OC(C)(C)C)CC2. The minimum absolute atomic E-state index is 0.00976. The van der Waals surface area contributed by atoms with Crippen LogP contribution in [0.4, 0.5) is 9.18 Å². The van der Waals surface area contributed by atoms with E-state index < -0.39 is 45.1 Å². The van der Waals surface area contributed by atoms with Crippen LogP contribution in [0.5, 0.6) is 5.75 Å². The van der Waals surface area contributed by atoms with Crippen LogP contribution in [0.3, 0.4) is 0 Å². The first-order valence-electron chi connectivity index (χ1n) is 11.0. The van der Waals surface area contributed by atoms with E-state index in [0.29, 0.717) is 30.7 Å². The van der Waals surface area contributed by atoms with Gasteiger partial charge in [-0.15, -0.1) is 0 Å². The molecule has 1 aromatic carbocycles. The lowest BCUT2D eigenvalue weighted by Crippen LogP contribution is -2.38. The van der Waals surface area contributed by atoms with E-state index in [0.717, 1.165) is 0 Å². The number of hydrogen-bond acceptors (Lipinski definition) is 8. The lowest BCUT2D eigenvalue weighted by atomic mass is 9.95. The monoisotopic (exact) mass is 502 g/mol. The number of nitrogens with zero attached hydrogens (tertiary/aromatic N) is 1. The summed E-state index contributed by atoms with van der Waals surface area (Å²) in [4.78, 5) is 25.8. The van der Waals surface area contributed by atoms with Crippen LogP contribution in [0.2, 0.25) is 0 Å². The van der Waals surface area contributed by atoms with Gasteiger partial charge in [-0.2, -0.15) is 0 Å². The number of nitrogens with one attached hydrogen (secondary N) is 1. The highest BCUT2D eigenvalue weighted by Crippen LogP contribution is 2.41. The summed E-state index contributed by atoms with van der Waals surface area (Å²) in [5, 5.41) is -1.43. The van der Waals surface area contributed by atoms with Gasteiger partial charge < -0.3 is 23.8 Å². The first kappa shape index (κ1) is 26.2. The van der Waals surface area contributed by atoms with Crippen molar-refractivity contribution in [3.8, 4) is 5.75 Å². The smallest absolute Gasteiger partial charge is 0.410 e. The molecule has 0 aliphatic carbocycles. The average Bonchev–Trinajstić information content (AvgIpc) is 2.87. The molecule has 1 atom stereocenters. The number of rotatable bonds is 7. The van der Waals surface area contributed by atoms with Gasteiger partial charge in [0.1, 0.15) is 22.4 Å². The Labute approximate surface area is 198 Å². The molecule has 2 aliphatic rings. The maximum atomic E-state index is 15.9. The Kier molecular flexibility index (Phi) is 8.04. The number of sulfonamides is 1. The van der Waals surface area contributed by atoms with E-state index in [1.54, 1.807) is 26.8 Å². The number of amides is 2. The molecule has 34 heavy (non-hydrogen) atoms. The fourth-order valence-corrected chi connectivity index (χ4v) is 5.33. The largest absolute Gasteiger partial charge is 0.467 e. The van der Waals surface area contributed by atoms with Crippen molar-refractivity contribution >= 4 is 22.0 Å². The van der Waals surface area contributed by atoms with Gasteiger partial charge in [-0.05, 0) is 50.8 Å². The number of fused-ring (bicyclic) bond motifs is 1. The predicted octanol–water partition coefficient (Wildman–Crippen LogP) is 2.05. The summed E-state index contributed by atoms with van der Waals surface area (Å²) in [5.74, 6) is -1.47. The Hall–Kier alpha value is -2.44. The summed E-state index contributed by atoms with van der Waals surface area (Å²) in [6.07, 6.45) is -0.437. The van der Waals surface area contributed by atoms with Crippen LogP contribution >= 0.6 is 0 Å². The third-order valence-corrected chi connectivity index (χ3v) is 7.11. The molecule has 0 aromatic heterocycles. The molecule has 2 aliphatic heterocycles. The van der Waals surface area contributed by atoms with Crippen molar-refractivity contribution in [2.75, 3.05) is 40.2 Å². The molecule has 1 N–H and O–H groups in total. The molecule has 0 radical (unpaired) electrons. The zero-order valence-electron chi connectivity index (χ0n) is 19.8. The van der Waals surface area contributed by atoms with Crippen LogP contribution in [0.15, 0.2) is 6.07 Å². The van der Waals surface area contributed by atoms with Crippen molar-refractivity contribution in [3.63, 3.8) is 0 Å². The minimum Gasteiger partial charge on any atom is -0.467 e. The van der Waals surface area contributed by atoms with Gasteiger partial charge in [0.2, 0.25) is 15.9 Å². The Morgan fingerprint density at radius 1 is 1.24 bits per heavy atom. The highest BCUT2D eigenvalue weighted by Gasteiger charge is 2.42. The van der Waals surface area contributed by atoms with Gasteiger partial charge in [-0.25, -0.2) is 17.6 Å². The maximum Gasteiger partial charge on any atom is 0.410 e. The first-order valence-corrected chi connectivity index (χ1v) is 12.5. The summed E-state index contributed by atoms with van der Waals surface area (Å²) in [6, 6.07) is 1.57. The lowest BCUT2D eigenvalue weighted by molar-refractivity contribution is -0.118. The lowest BCUT2D eigenvalue weighted by Gasteiger charge is -2.26.